The predicted molar refractivity (Wildman–Crippen MR) is 89.9 cm³/mol. The quantitative estimate of drug-likeness (QED) is 0.522. The number of nitrogens with zero attached hydrogens (tertiary/aromatic N) is 5. The molecular formula is C17H11F2N5S. The second-order valence-electron chi connectivity index (χ2n) is 5.28. The van der Waals surface area contributed by atoms with Crippen LogP contribution in [-0.2, 0) is 5.75 Å². The molecule has 25 heavy (non-hydrogen) atoms. The van der Waals surface area contributed by atoms with Crippen LogP contribution in [0.5, 0.6) is 0 Å². The summed E-state index contributed by atoms with van der Waals surface area (Å²) in [6.07, 6.45) is 3.42. The molecule has 3 aromatic heterocycles. The van der Waals surface area contributed by atoms with Gasteiger partial charge in [-0.1, -0.05) is 11.8 Å². The summed E-state index contributed by atoms with van der Waals surface area (Å²) in [5.74, 6) is -0.841. The van der Waals surface area contributed by atoms with Gasteiger partial charge in [0.1, 0.15) is 11.6 Å². The third kappa shape index (κ3) is 3.34. The molecule has 4 rings (SSSR count). The first kappa shape index (κ1) is 15.6. The average Bonchev–Trinajstić information content (AvgIpc) is 3.02. The highest BCUT2D eigenvalue weighted by Crippen LogP contribution is 2.23. The first-order valence-corrected chi connectivity index (χ1v) is 8.38. The number of thioether (sulfide) groups is 1. The maximum absolute atomic E-state index is 13.3. The van der Waals surface area contributed by atoms with Crippen LogP contribution in [-0.4, -0.2) is 24.8 Å². The zero-order valence-electron chi connectivity index (χ0n) is 12.8. The van der Waals surface area contributed by atoms with Gasteiger partial charge in [0.05, 0.1) is 5.69 Å². The van der Waals surface area contributed by atoms with E-state index in [1.54, 1.807) is 16.9 Å². The lowest BCUT2D eigenvalue weighted by Gasteiger charge is -2.03. The molecule has 0 aliphatic rings. The van der Waals surface area contributed by atoms with E-state index in [1.165, 1.54) is 23.9 Å². The molecule has 0 radical (unpaired) electrons. The molecule has 0 atom stereocenters. The molecule has 5 nitrogen and oxygen atoms in total. The van der Waals surface area contributed by atoms with Crippen molar-refractivity contribution in [1.29, 1.82) is 0 Å². The fourth-order valence-electron chi connectivity index (χ4n) is 2.37. The summed E-state index contributed by atoms with van der Waals surface area (Å²) in [7, 11) is 0. The Morgan fingerprint density at radius 3 is 2.60 bits per heavy atom. The van der Waals surface area contributed by atoms with Crippen LogP contribution in [0.25, 0.3) is 16.9 Å². The van der Waals surface area contributed by atoms with Crippen molar-refractivity contribution in [3.8, 4) is 11.3 Å². The van der Waals surface area contributed by atoms with Crippen LogP contribution in [0.15, 0.2) is 60.0 Å². The van der Waals surface area contributed by atoms with Gasteiger partial charge in [-0.2, -0.15) is 9.61 Å². The Kier molecular flexibility index (Phi) is 4.10. The fraction of sp³-hybridized carbons (Fsp3) is 0.0588. The van der Waals surface area contributed by atoms with Crippen LogP contribution in [0.2, 0.25) is 0 Å². The Morgan fingerprint density at radius 2 is 1.84 bits per heavy atom. The van der Waals surface area contributed by atoms with Crippen molar-refractivity contribution in [2.24, 2.45) is 0 Å². The number of rotatable bonds is 4. The van der Waals surface area contributed by atoms with Crippen molar-refractivity contribution < 1.29 is 8.78 Å². The van der Waals surface area contributed by atoms with E-state index in [-0.39, 0.29) is 0 Å². The second-order valence-corrected chi connectivity index (χ2v) is 6.22. The van der Waals surface area contributed by atoms with E-state index in [2.05, 4.69) is 20.3 Å². The predicted octanol–water partition coefficient (Wildman–Crippen LogP) is 3.76. The van der Waals surface area contributed by atoms with E-state index in [0.717, 1.165) is 17.3 Å². The number of hydrogen-bond donors (Lipinski definition) is 0. The first-order valence-electron chi connectivity index (χ1n) is 7.40. The number of benzene rings is 1. The smallest absolute Gasteiger partial charge is 0.212 e. The monoisotopic (exact) mass is 355 g/mol. The van der Waals surface area contributed by atoms with Gasteiger partial charge in [-0.05, 0) is 42.0 Å². The minimum absolute atomic E-state index is 0.355. The Bertz CT molecular complexity index is 1020. The lowest BCUT2D eigenvalue weighted by atomic mass is 10.2. The lowest BCUT2D eigenvalue weighted by Crippen LogP contribution is -1.97. The van der Waals surface area contributed by atoms with E-state index in [4.69, 9.17) is 0 Å². The van der Waals surface area contributed by atoms with Crippen molar-refractivity contribution in [2.75, 3.05) is 0 Å². The topological polar surface area (TPSA) is 56.0 Å². The zero-order valence-corrected chi connectivity index (χ0v) is 13.6. The summed E-state index contributed by atoms with van der Waals surface area (Å²) in [6, 6.07) is 10.9. The van der Waals surface area contributed by atoms with Gasteiger partial charge in [-0.15, -0.1) is 10.2 Å². The molecule has 0 N–H and O–H groups in total. The standard InChI is InChI=1S/C17H11F2N5S/c18-13-6-11(7-14(19)8-13)10-25-17-22-21-16-4-3-15(23-24(16)17)12-2-1-5-20-9-12/h1-9H,10H2. The van der Waals surface area contributed by atoms with E-state index in [0.29, 0.717) is 22.1 Å². The summed E-state index contributed by atoms with van der Waals surface area (Å²) < 4.78 is 28.2. The Balaban J connectivity index is 1.63. The van der Waals surface area contributed by atoms with Crippen LogP contribution in [0.4, 0.5) is 8.78 Å². The van der Waals surface area contributed by atoms with E-state index in [9.17, 15) is 8.78 Å². The van der Waals surface area contributed by atoms with Crippen LogP contribution in [0.3, 0.4) is 0 Å². The first-order chi connectivity index (χ1) is 12.2. The molecule has 0 bridgehead atoms. The molecule has 124 valence electrons. The van der Waals surface area contributed by atoms with Crippen molar-refractivity contribution in [1.82, 2.24) is 24.8 Å². The molecule has 0 saturated heterocycles. The number of aromatic nitrogens is 5. The number of hydrogen-bond acceptors (Lipinski definition) is 5. The normalized spacial score (nSPS) is 11.1. The molecule has 0 unspecified atom stereocenters. The maximum atomic E-state index is 13.3. The Hall–Kier alpha value is -2.87. The van der Waals surface area contributed by atoms with Gasteiger partial charge in [0, 0.05) is 29.8 Å². The van der Waals surface area contributed by atoms with Gasteiger partial charge in [-0.25, -0.2) is 8.78 Å². The summed E-state index contributed by atoms with van der Waals surface area (Å²) in [6.45, 7) is 0. The highest BCUT2D eigenvalue weighted by atomic mass is 32.2. The van der Waals surface area contributed by atoms with Gasteiger partial charge in [-0.3, -0.25) is 4.98 Å². The summed E-state index contributed by atoms with van der Waals surface area (Å²) >= 11 is 1.31. The van der Waals surface area contributed by atoms with Crippen LogP contribution in [0, 0.1) is 11.6 Å². The molecular weight excluding hydrogens is 344 g/mol. The van der Waals surface area contributed by atoms with Gasteiger partial charge in [0.2, 0.25) is 5.16 Å². The SMILES string of the molecule is Fc1cc(F)cc(CSc2nnc3ccc(-c4cccnc4)nn23)c1. The maximum Gasteiger partial charge on any atom is 0.212 e. The van der Waals surface area contributed by atoms with Gasteiger partial charge in [0.25, 0.3) is 0 Å². The van der Waals surface area contributed by atoms with Crippen LogP contribution < -0.4 is 0 Å². The molecule has 0 fully saturated rings. The van der Waals surface area contributed by atoms with Crippen molar-refractivity contribution in [3.05, 3.63) is 72.1 Å². The van der Waals surface area contributed by atoms with Crippen LogP contribution >= 0.6 is 11.8 Å². The fourth-order valence-corrected chi connectivity index (χ4v) is 3.19. The van der Waals surface area contributed by atoms with Crippen molar-refractivity contribution in [3.63, 3.8) is 0 Å². The Labute approximate surface area is 145 Å². The van der Waals surface area contributed by atoms with Gasteiger partial charge < -0.3 is 0 Å². The van der Waals surface area contributed by atoms with Gasteiger partial charge in [0.15, 0.2) is 5.65 Å². The van der Waals surface area contributed by atoms with Gasteiger partial charge >= 0.3 is 0 Å². The number of pyridine rings is 1. The molecule has 1 aromatic carbocycles. The van der Waals surface area contributed by atoms with E-state index >= 15 is 0 Å². The van der Waals surface area contributed by atoms with Crippen molar-refractivity contribution in [2.45, 2.75) is 10.9 Å². The molecule has 0 aliphatic heterocycles. The molecule has 8 heteroatoms. The molecule has 3 heterocycles. The van der Waals surface area contributed by atoms with Crippen LogP contribution in [0.1, 0.15) is 5.56 Å². The zero-order chi connectivity index (χ0) is 17.2. The van der Waals surface area contributed by atoms with Crippen molar-refractivity contribution >= 4 is 17.4 Å². The highest BCUT2D eigenvalue weighted by Gasteiger charge is 2.10. The third-order valence-corrected chi connectivity index (χ3v) is 4.47. The molecule has 4 aromatic rings. The minimum atomic E-state index is -0.598. The lowest BCUT2D eigenvalue weighted by molar-refractivity contribution is 0.581. The summed E-state index contributed by atoms with van der Waals surface area (Å²) in [4.78, 5) is 4.09. The largest absolute Gasteiger partial charge is 0.264 e. The Morgan fingerprint density at radius 1 is 1.00 bits per heavy atom. The highest BCUT2D eigenvalue weighted by molar-refractivity contribution is 7.98. The molecule has 0 aliphatic carbocycles. The minimum Gasteiger partial charge on any atom is -0.264 e. The second kappa shape index (κ2) is 6.56. The van der Waals surface area contributed by atoms with E-state index in [1.807, 2.05) is 24.3 Å². The van der Waals surface area contributed by atoms with E-state index < -0.39 is 11.6 Å². The molecule has 0 saturated carbocycles. The summed E-state index contributed by atoms with van der Waals surface area (Å²) in [5, 5.41) is 13.2. The molecule has 0 spiro atoms. The third-order valence-electron chi connectivity index (χ3n) is 3.48. The summed E-state index contributed by atoms with van der Waals surface area (Å²) in [5.41, 5.74) is 2.74. The average molecular weight is 355 g/mol. The number of fused-ring (bicyclic) bond motifs is 1. The molecule has 0 amide bonds. The number of halogens is 2.